The Balaban J connectivity index is 1.51. The molecule has 108 valence electrons. The van der Waals surface area contributed by atoms with Gasteiger partial charge in [-0.25, -0.2) is 0 Å². The molecule has 5 heteroatoms. The second kappa shape index (κ2) is 4.58. The van der Waals surface area contributed by atoms with E-state index < -0.39 is 0 Å². The predicted molar refractivity (Wildman–Crippen MR) is 73.6 cm³/mol. The summed E-state index contributed by atoms with van der Waals surface area (Å²) in [5.74, 6) is 1.44. The summed E-state index contributed by atoms with van der Waals surface area (Å²) in [6.45, 7) is 5.15. The highest BCUT2D eigenvalue weighted by atomic mass is 16.5. The molecule has 0 N–H and O–H groups in total. The van der Waals surface area contributed by atoms with Gasteiger partial charge in [-0.2, -0.15) is 0 Å². The summed E-state index contributed by atoms with van der Waals surface area (Å²) in [5.41, 5.74) is 0.491. The maximum atomic E-state index is 12.6. The lowest BCUT2D eigenvalue weighted by Gasteiger charge is -2.41. The fourth-order valence-electron chi connectivity index (χ4n) is 3.57. The van der Waals surface area contributed by atoms with Crippen LogP contribution in [0, 0.1) is 0 Å². The molecular weight excluding hydrogens is 254 g/mol. The van der Waals surface area contributed by atoms with Crippen LogP contribution in [0.15, 0.2) is 10.6 Å². The number of fused-ring (bicyclic) bond motifs is 1. The van der Waals surface area contributed by atoms with Gasteiger partial charge >= 0.3 is 0 Å². The molecular formula is C15H21N3O2. The van der Waals surface area contributed by atoms with E-state index in [2.05, 4.69) is 17.0 Å². The summed E-state index contributed by atoms with van der Waals surface area (Å²) in [6.07, 6.45) is 4.80. The van der Waals surface area contributed by atoms with Gasteiger partial charge in [0.2, 0.25) is 0 Å². The Morgan fingerprint density at radius 2 is 2.20 bits per heavy atom. The fraction of sp³-hybridized carbons (Fsp3) is 0.733. The molecule has 5 nitrogen and oxygen atoms in total. The van der Waals surface area contributed by atoms with Crippen molar-refractivity contribution in [2.24, 2.45) is 0 Å². The summed E-state index contributed by atoms with van der Waals surface area (Å²) >= 11 is 0. The fourth-order valence-corrected chi connectivity index (χ4v) is 3.57. The molecule has 0 unspecified atom stereocenters. The third kappa shape index (κ3) is 2.04. The third-order valence-electron chi connectivity index (χ3n) is 4.93. The third-order valence-corrected chi connectivity index (χ3v) is 4.93. The average molecular weight is 275 g/mol. The lowest BCUT2D eigenvalue weighted by Crippen LogP contribution is -2.56. The highest BCUT2D eigenvalue weighted by molar-refractivity contribution is 5.92. The van der Waals surface area contributed by atoms with Crippen LogP contribution >= 0.6 is 0 Å². The number of piperazine rings is 1. The van der Waals surface area contributed by atoms with Crippen LogP contribution in [-0.4, -0.2) is 52.6 Å². The van der Waals surface area contributed by atoms with Gasteiger partial charge in [-0.05, 0) is 39.2 Å². The highest BCUT2D eigenvalue weighted by Crippen LogP contribution is 2.40. The average Bonchev–Trinajstić information content (AvgIpc) is 3.00. The molecule has 0 spiro atoms. The molecule has 2 aliphatic heterocycles. The summed E-state index contributed by atoms with van der Waals surface area (Å²) in [6, 6.07) is 2.66. The van der Waals surface area contributed by atoms with Crippen LogP contribution in [-0.2, 0) is 0 Å². The predicted octanol–water partition coefficient (Wildman–Crippen LogP) is 1.86. The molecule has 1 aliphatic carbocycles. The molecule has 3 fully saturated rings. The Kier molecular flexibility index (Phi) is 2.84. The molecule has 0 aromatic carbocycles. The van der Waals surface area contributed by atoms with Crippen LogP contribution in [0.4, 0.5) is 0 Å². The molecule has 1 saturated carbocycles. The van der Waals surface area contributed by atoms with Gasteiger partial charge in [0, 0.05) is 37.2 Å². The topological polar surface area (TPSA) is 49.6 Å². The van der Waals surface area contributed by atoms with Gasteiger partial charge in [-0.3, -0.25) is 9.69 Å². The minimum Gasteiger partial charge on any atom is -0.360 e. The zero-order valence-electron chi connectivity index (χ0n) is 11.9. The van der Waals surface area contributed by atoms with E-state index >= 15 is 0 Å². The lowest BCUT2D eigenvalue weighted by molar-refractivity contribution is 0.0386. The maximum Gasteiger partial charge on any atom is 0.276 e. The first-order valence-electron chi connectivity index (χ1n) is 7.74. The smallest absolute Gasteiger partial charge is 0.276 e. The highest BCUT2D eigenvalue weighted by Gasteiger charge is 2.38. The molecule has 20 heavy (non-hydrogen) atoms. The first-order chi connectivity index (χ1) is 9.72. The van der Waals surface area contributed by atoms with Crippen molar-refractivity contribution < 1.29 is 9.32 Å². The number of aromatic nitrogens is 1. The normalized spacial score (nSPS) is 30.6. The van der Waals surface area contributed by atoms with Gasteiger partial charge in [-0.1, -0.05) is 5.16 Å². The van der Waals surface area contributed by atoms with Crippen LogP contribution in [0.3, 0.4) is 0 Å². The lowest BCUT2D eigenvalue weighted by atomic mass is 10.1. The monoisotopic (exact) mass is 275 g/mol. The number of rotatable bonds is 2. The van der Waals surface area contributed by atoms with E-state index in [1.165, 1.54) is 32.2 Å². The van der Waals surface area contributed by atoms with E-state index in [0.29, 0.717) is 17.7 Å². The van der Waals surface area contributed by atoms with Gasteiger partial charge < -0.3 is 9.42 Å². The standard InChI is InChI=1S/C15H21N3O2/c1-10-8-17-6-2-3-12(17)9-18(10)15(19)13-7-14(20-16-13)11-4-5-11/h7,10-12H,2-6,8-9H2,1H3/t10-,12+/m1/s1. The first-order valence-corrected chi connectivity index (χ1v) is 7.74. The van der Waals surface area contributed by atoms with Crippen LogP contribution in [0.5, 0.6) is 0 Å². The Labute approximate surface area is 118 Å². The van der Waals surface area contributed by atoms with Gasteiger partial charge in [0.15, 0.2) is 5.69 Å². The molecule has 1 aromatic heterocycles. The van der Waals surface area contributed by atoms with Crippen molar-refractivity contribution in [3.63, 3.8) is 0 Å². The van der Waals surface area contributed by atoms with Crippen molar-refractivity contribution in [3.05, 3.63) is 17.5 Å². The minimum atomic E-state index is 0.0414. The van der Waals surface area contributed by atoms with E-state index in [4.69, 9.17) is 4.52 Å². The number of hydrogen-bond donors (Lipinski definition) is 0. The largest absolute Gasteiger partial charge is 0.360 e. The Morgan fingerprint density at radius 3 is 3.00 bits per heavy atom. The van der Waals surface area contributed by atoms with E-state index in [9.17, 15) is 4.79 Å². The van der Waals surface area contributed by atoms with Crippen LogP contribution in [0.25, 0.3) is 0 Å². The number of nitrogens with zero attached hydrogens (tertiary/aromatic N) is 3. The number of carbonyl (C=O) groups is 1. The Bertz CT molecular complexity index is 523. The molecule has 3 aliphatic rings. The van der Waals surface area contributed by atoms with Gasteiger partial charge in [0.25, 0.3) is 5.91 Å². The van der Waals surface area contributed by atoms with Crippen molar-refractivity contribution in [2.75, 3.05) is 19.6 Å². The second-order valence-electron chi connectivity index (χ2n) is 6.49. The number of hydrogen-bond acceptors (Lipinski definition) is 4. The van der Waals surface area contributed by atoms with Crippen molar-refractivity contribution in [1.82, 2.24) is 15.0 Å². The summed E-state index contributed by atoms with van der Waals surface area (Å²) < 4.78 is 5.31. The van der Waals surface area contributed by atoms with Crippen molar-refractivity contribution in [3.8, 4) is 0 Å². The summed E-state index contributed by atoms with van der Waals surface area (Å²) in [5, 5.41) is 3.99. The molecule has 0 bridgehead atoms. The van der Waals surface area contributed by atoms with E-state index in [-0.39, 0.29) is 11.9 Å². The van der Waals surface area contributed by atoms with Crippen molar-refractivity contribution >= 4 is 5.91 Å². The molecule has 4 rings (SSSR count). The summed E-state index contributed by atoms with van der Waals surface area (Å²) in [7, 11) is 0. The van der Waals surface area contributed by atoms with Crippen LogP contribution < -0.4 is 0 Å². The molecule has 3 heterocycles. The molecule has 2 atom stereocenters. The molecule has 2 saturated heterocycles. The summed E-state index contributed by atoms with van der Waals surface area (Å²) in [4.78, 5) is 17.1. The van der Waals surface area contributed by atoms with E-state index in [0.717, 1.165) is 18.8 Å². The minimum absolute atomic E-state index is 0.0414. The first kappa shape index (κ1) is 12.4. The molecule has 1 amide bonds. The van der Waals surface area contributed by atoms with E-state index in [1.54, 1.807) is 0 Å². The quantitative estimate of drug-likeness (QED) is 0.826. The van der Waals surface area contributed by atoms with Gasteiger partial charge in [0.05, 0.1) is 0 Å². The van der Waals surface area contributed by atoms with Crippen LogP contribution in [0.2, 0.25) is 0 Å². The molecule has 0 radical (unpaired) electrons. The number of amides is 1. The zero-order valence-corrected chi connectivity index (χ0v) is 11.9. The number of carbonyl (C=O) groups excluding carboxylic acids is 1. The van der Waals surface area contributed by atoms with E-state index in [1.807, 2.05) is 11.0 Å². The van der Waals surface area contributed by atoms with Crippen molar-refractivity contribution in [1.29, 1.82) is 0 Å². The van der Waals surface area contributed by atoms with Gasteiger partial charge in [0.1, 0.15) is 5.76 Å². The molecule has 1 aromatic rings. The zero-order chi connectivity index (χ0) is 13.7. The van der Waals surface area contributed by atoms with Crippen LogP contribution in [0.1, 0.15) is 54.8 Å². The Hall–Kier alpha value is -1.36. The SMILES string of the molecule is C[C@@H]1CN2CCC[C@H]2CN1C(=O)c1cc(C2CC2)on1. The van der Waals surface area contributed by atoms with Gasteiger partial charge in [-0.15, -0.1) is 0 Å². The van der Waals surface area contributed by atoms with Crippen molar-refractivity contribution in [2.45, 2.75) is 50.6 Å². The Morgan fingerprint density at radius 1 is 1.35 bits per heavy atom. The second-order valence-corrected chi connectivity index (χ2v) is 6.49. The maximum absolute atomic E-state index is 12.6.